The van der Waals surface area contributed by atoms with Crippen molar-refractivity contribution in [2.45, 2.75) is 13.1 Å². The number of benzene rings is 1. The van der Waals surface area contributed by atoms with Gasteiger partial charge in [0.15, 0.2) is 5.96 Å². The van der Waals surface area contributed by atoms with E-state index in [1.807, 2.05) is 42.1 Å². The quantitative estimate of drug-likeness (QED) is 0.424. The number of thioether (sulfide) groups is 1. The number of pyridine rings is 1. The van der Waals surface area contributed by atoms with Gasteiger partial charge in [0.25, 0.3) is 5.56 Å². The summed E-state index contributed by atoms with van der Waals surface area (Å²) in [5.74, 6) is 2.86. The topological polar surface area (TPSA) is 63.6 Å². The molecule has 134 valence electrons. The van der Waals surface area contributed by atoms with Crippen molar-refractivity contribution in [3.05, 3.63) is 70.1 Å². The van der Waals surface area contributed by atoms with Gasteiger partial charge in [0.05, 0.1) is 13.1 Å². The molecule has 0 bridgehead atoms. The molecule has 0 radical (unpaired) electrons. The summed E-state index contributed by atoms with van der Waals surface area (Å²) in [7, 11) is 0. The number of guanidine groups is 1. The van der Waals surface area contributed by atoms with Gasteiger partial charge in [-0.05, 0) is 17.2 Å². The molecule has 1 aromatic carbocycles. The normalized spacial score (nSPS) is 14.9. The zero-order valence-electron chi connectivity index (χ0n) is 14.0. The van der Waals surface area contributed by atoms with Crippen molar-refractivity contribution < 1.29 is 0 Å². The van der Waals surface area contributed by atoms with Gasteiger partial charge in [0.1, 0.15) is 0 Å². The monoisotopic (exact) mass is 470 g/mol. The van der Waals surface area contributed by atoms with E-state index in [-0.39, 0.29) is 29.5 Å². The van der Waals surface area contributed by atoms with Gasteiger partial charge in [-0.1, -0.05) is 30.3 Å². The van der Waals surface area contributed by atoms with Gasteiger partial charge >= 0.3 is 0 Å². The molecular weight excluding hydrogens is 447 g/mol. The van der Waals surface area contributed by atoms with Crippen LogP contribution in [-0.4, -0.2) is 40.0 Å². The van der Waals surface area contributed by atoms with Crippen LogP contribution in [0, 0.1) is 0 Å². The Kier molecular flexibility index (Phi) is 7.83. The number of aliphatic imine (C=N–C) groups is 1. The van der Waals surface area contributed by atoms with Gasteiger partial charge in [-0.3, -0.25) is 4.79 Å². The zero-order valence-corrected chi connectivity index (χ0v) is 17.2. The lowest BCUT2D eigenvalue weighted by atomic mass is 10.1. The second-order valence-electron chi connectivity index (χ2n) is 5.76. The number of aromatic nitrogens is 1. The van der Waals surface area contributed by atoms with E-state index < -0.39 is 0 Å². The molecule has 0 aliphatic carbocycles. The first-order valence-corrected chi connectivity index (χ1v) is 9.24. The molecule has 2 heterocycles. The minimum atomic E-state index is 0. The third-order valence-electron chi connectivity index (χ3n) is 4.03. The van der Waals surface area contributed by atoms with Crippen molar-refractivity contribution >= 4 is 41.7 Å². The standard InChI is InChI=1S/C18H22N4OS.HI/c19-18(21-9-11-24-12-10-21)20-13-15-4-6-16(7-5-15)14-22-8-2-1-3-17(22)23;/h1-8H,9-14H2,(H2,19,20);1H. The van der Waals surface area contributed by atoms with Crippen molar-refractivity contribution in [2.75, 3.05) is 24.6 Å². The van der Waals surface area contributed by atoms with E-state index in [2.05, 4.69) is 9.89 Å². The molecule has 0 atom stereocenters. The summed E-state index contributed by atoms with van der Waals surface area (Å²) in [6, 6.07) is 13.4. The molecule has 1 aliphatic heterocycles. The smallest absolute Gasteiger partial charge is 0.250 e. The number of halogens is 1. The summed E-state index contributed by atoms with van der Waals surface area (Å²) in [6.45, 7) is 3.12. The fraction of sp³-hybridized carbons (Fsp3) is 0.333. The minimum Gasteiger partial charge on any atom is -0.370 e. The molecule has 7 heteroatoms. The summed E-state index contributed by atoms with van der Waals surface area (Å²) in [4.78, 5) is 18.4. The Hall–Kier alpha value is -1.48. The van der Waals surface area contributed by atoms with E-state index in [4.69, 9.17) is 5.73 Å². The average molecular weight is 470 g/mol. The number of nitrogens with zero attached hydrogens (tertiary/aromatic N) is 3. The van der Waals surface area contributed by atoms with Crippen LogP contribution in [0.15, 0.2) is 58.4 Å². The molecule has 0 unspecified atom stereocenters. The molecule has 25 heavy (non-hydrogen) atoms. The Morgan fingerprint density at radius 1 is 1.08 bits per heavy atom. The van der Waals surface area contributed by atoms with Gasteiger partial charge in [-0.2, -0.15) is 11.8 Å². The number of hydrogen-bond donors (Lipinski definition) is 1. The van der Waals surface area contributed by atoms with E-state index in [0.29, 0.717) is 19.0 Å². The molecule has 1 aromatic heterocycles. The number of rotatable bonds is 4. The first-order valence-electron chi connectivity index (χ1n) is 8.08. The van der Waals surface area contributed by atoms with E-state index in [1.165, 1.54) is 0 Å². The first-order chi connectivity index (χ1) is 11.7. The second kappa shape index (κ2) is 9.86. The van der Waals surface area contributed by atoms with E-state index in [9.17, 15) is 4.79 Å². The SMILES string of the molecule is I.NC(=NCc1ccc(Cn2ccccc2=O)cc1)N1CCSCC1. The predicted molar refractivity (Wildman–Crippen MR) is 116 cm³/mol. The van der Waals surface area contributed by atoms with Crippen LogP contribution in [0.1, 0.15) is 11.1 Å². The van der Waals surface area contributed by atoms with Crippen LogP contribution in [0.25, 0.3) is 0 Å². The molecule has 5 nitrogen and oxygen atoms in total. The van der Waals surface area contributed by atoms with E-state index in [0.717, 1.165) is 35.7 Å². The number of nitrogens with two attached hydrogens (primary N) is 1. The maximum atomic E-state index is 11.7. The second-order valence-corrected chi connectivity index (χ2v) is 6.98. The molecule has 2 aromatic rings. The Labute approximate surface area is 169 Å². The summed E-state index contributed by atoms with van der Waals surface area (Å²) in [6.07, 6.45) is 1.80. The van der Waals surface area contributed by atoms with Gasteiger partial charge in [-0.15, -0.1) is 24.0 Å². The largest absolute Gasteiger partial charge is 0.370 e. The molecule has 3 rings (SSSR count). The fourth-order valence-electron chi connectivity index (χ4n) is 2.60. The predicted octanol–water partition coefficient (Wildman–Crippen LogP) is 2.38. The van der Waals surface area contributed by atoms with Crippen molar-refractivity contribution in [3.8, 4) is 0 Å². The maximum Gasteiger partial charge on any atom is 0.250 e. The summed E-state index contributed by atoms with van der Waals surface area (Å²) >= 11 is 1.96. The summed E-state index contributed by atoms with van der Waals surface area (Å²) in [5, 5.41) is 0. The maximum absolute atomic E-state index is 11.7. The Balaban J connectivity index is 0.00000225. The molecule has 1 aliphatic rings. The van der Waals surface area contributed by atoms with Crippen LogP contribution >= 0.6 is 35.7 Å². The van der Waals surface area contributed by atoms with Crippen LogP contribution in [-0.2, 0) is 13.1 Å². The van der Waals surface area contributed by atoms with Crippen molar-refractivity contribution in [1.29, 1.82) is 0 Å². The lowest BCUT2D eigenvalue weighted by molar-refractivity contribution is 0.455. The highest BCUT2D eigenvalue weighted by Crippen LogP contribution is 2.10. The molecule has 2 N–H and O–H groups in total. The molecule has 0 spiro atoms. The highest BCUT2D eigenvalue weighted by atomic mass is 127. The van der Waals surface area contributed by atoms with Crippen molar-refractivity contribution in [2.24, 2.45) is 10.7 Å². The van der Waals surface area contributed by atoms with Crippen molar-refractivity contribution in [3.63, 3.8) is 0 Å². The summed E-state index contributed by atoms with van der Waals surface area (Å²) < 4.78 is 1.69. The first kappa shape index (κ1) is 19.8. The third kappa shape index (κ3) is 5.78. The average Bonchev–Trinajstić information content (AvgIpc) is 2.63. The minimum absolute atomic E-state index is 0. The Morgan fingerprint density at radius 3 is 2.44 bits per heavy atom. The van der Waals surface area contributed by atoms with E-state index >= 15 is 0 Å². The fourth-order valence-corrected chi connectivity index (χ4v) is 3.51. The molecule has 1 fully saturated rings. The Morgan fingerprint density at radius 2 is 1.76 bits per heavy atom. The summed E-state index contributed by atoms with van der Waals surface area (Å²) in [5.41, 5.74) is 8.30. The molecular formula is C18H23IN4OS. The molecule has 1 saturated heterocycles. The van der Waals surface area contributed by atoms with Gasteiger partial charge < -0.3 is 15.2 Å². The van der Waals surface area contributed by atoms with Gasteiger partial charge in [-0.25, -0.2) is 4.99 Å². The molecule has 0 saturated carbocycles. The van der Waals surface area contributed by atoms with Crippen LogP contribution in [0.5, 0.6) is 0 Å². The van der Waals surface area contributed by atoms with Crippen molar-refractivity contribution in [1.82, 2.24) is 9.47 Å². The third-order valence-corrected chi connectivity index (χ3v) is 4.98. The lowest BCUT2D eigenvalue weighted by Crippen LogP contribution is -2.42. The lowest BCUT2D eigenvalue weighted by Gasteiger charge is -2.27. The highest BCUT2D eigenvalue weighted by Gasteiger charge is 2.11. The van der Waals surface area contributed by atoms with Crippen LogP contribution < -0.4 is 11.3 Å². The highest BCUT2D eigenvalue weighted by molar-refractivity contribution is 14.0. The Bertz CT molecular complexity index is 754. The van der Waals surface area contributed by atoms with E-state index in [1.54, 1.807) is 22.9 Å². The van der Waals surface area contributed by atoms with Gasteiger partial charge in [0, 0.05) is 36.9 Å². The number of hydrogen-bond acceptors (Lipinski definition) is 3. The van der Waals surface area contributed by atoms with Crippen LogP contribution in [0.3, 0.4) is 0 Å². The molecule has 0 amide bonds. The van der Waals surface area contributed by atoms with Crippen LogP contribution in [0.2, 0.25) is 0 Å². The van der Waals surface area contributed by atoms with Gasteiger partial charge in [0.2, 0.25) is 0 Å². The van der Waals surface area contributed by atoms with Crippen LogP contribution in [0.4, 0.5) is 0 Å². The zero-order chi connectivity index (χ0) is 16.8.